The van der Waals surface area contributed by atoms with E-state index in [9.17, 15) is 14.4 Å². The quantitative estimate of drug-likeness (QED) is 0.212. The summed E-state index contributed by atoms with van der Waals surface area (Å²) < 4.78 is 12.8. The van der Waals surface area contributed by atoms with Gasteiger partial charge in [-0.3, -0.25) is 14.0 Å². The smallest absolute Gasteiger partial charge is 0.410 e. The lowest BCUT2D eigenvalue weighted by Gasteiger charge is -2.37. The van der Waals surface area contributed by atoms with Gasteiger partial charge >= 0.3 is 6.09 Å². The Bertz CT molecular complexity index is 1840. The number of carbonyl (C=O) groups is 3. The molecule has 1 saturated heterocycles. The number of primary amides is 1. The SMILES string of the molecule is CCNC(=O)c1cn2c(Cc3c(Cl)cccc3Cl)nc(Nc3ccc(N4CCN(C(=O)OC(C)(C)C)CC4)cc3OC)c(C(N)=O)c2n1. The summed E-state index contributed by atoms with van der Waals surface area (Å²) in [7, 11) is 1.54. The van der Waals surface area contributed by atoms with E-state index in [2.05, 4.69) is 20.5 Å². The number of anilines is 3. The molecule has 3 heterocycles. The summed E-state index contributed by atoms with van der Waals surface area (Å²) in [5.41, 5.74) is 7.52. The molecule has 4 aromatic rings. The highest BCUT2D eigenvalue weighted by Gasteiger charge is 2.27. The molecule has 0 spiro atoms. The van der Waals surface area contributed by atoms with Gasteiger partial charge < -0.3 is 35.6 Å². The topological polar surface area (TPSA) is 156 Å². The van der Waals surface area contributed by atoms with Gasteiger partial charge in [-0.15, -0.1) is 0 Å². The second-order valence-corrected chi connectivity index (χ2v) is 13.0. The van der Waals surface area contributed by atoms with Crippen LogP contribution in [0.15, 0.2) is 42.6 Å². The highest BCUT2D eigenvalue weighted by molar-refractivity contribution is 6.36. The minimum Gasteiger partial charge on any atom is -0.494 e. The van der Waals surface area contributed by atoms with Crippen LogP contribution in [0.1, 0.15) is 59.9 Å². The lowest BCUT2D eigenvalue weighted by Crippen LogP contribution is -2.50. The molecule has 13 nitrogen and oxygen atoms in total. The van der Waals surface area contributed by atoms with E-state index in [1.807, 2.05) is 32.9 Å². The van der Waals surface area contributed by atoms with Crippen LogP contribution in [0.3, 0.4) is 0 Å². The van der Waals surface area contributed by atoms with Crippen LogP contribution < -0.4 is 26.0 Å². The molecule has 3 amide bonds. The van der Waals surface area contributed by atoms with E-state index in [1.165, 1.54) is 13.3 Å². The summed E-state index contributed by atoms with van der Waals surface area (Å²) in [6, 6.07) is 10.7. The van der Waals surface area contributed by atoms with E-state index in [0.717, 1.165) is 5.69 Å². The van der Waals surface area contributed by atoms with E-state index in [1.54, 1.807) is 40.5 Å². The summed E-state index contributed by atoms with van der Waals surface area (Å²) >= 11 is 13.0. The number of fused-ring (bicyclic) bond motifs is 1. The van der Waals surface area contributed by atoms with Crippen LogP contribution in [0.4, 0.5) is 22.0 Å². The number of nitrogens with two attached hydrogens (primary N) is 1. The maximum Gasteiger partial charge on any atom is 0.410 e. The minimum absolute atomic E-state index is 0.0241. The number of carbonyl (C=O) groups excluding carboxylic acids is 3. The van der Waals surface area contributed by atoms with Crippen molar-refractivity contribution in [3.05, 3.63) is 75.3 Å². The van der Waals surface area contributed by atoms with Crippen molar-refractivity contribution in [3.8, 4) is 5.75 Å². The fourth-order valence-electron chi connectivity index (χ4n) is 5.34. The molecule has 15 heteroatoms. The number of benzene rings is 2. The minimum atomic E-state index is -0.802. The van der Waals surface area contributed by atoms with Gasteiger partial charge in [0.25, 0.3) is 11.8 Å². The molecular formula is C33H38Cl2N8O5. The first-order chi connectivity index (χ1) is 22.8. The van der Waals surface area contributed by atoms with Gasteiger partial charge in [-0.2, -0.15) is 0 Å². The number of imidazole rings is 1. The van der Waals surface area contributed by atoms with Gasteiger partial charge in [-0.05, 0) is 57.5 Å². The lowest BCUT2D eigenvalue weighted by molar-refractivity contribution is 0.0240. The normalized spacial score (nSPS) is 13.4. The Balaban J connectivity index is 1.50. The van der Waals surface area contributed by atoms with Gasteiger partial charge in [0.15, 0.2) is 5.65 Å². The summed E-state index contributed by atoms with van der Waals surface area (Å²) in [6.45, 7) is 9.91. The average Bonchev–Trinajstić information content (AvgIpc) is 3.48. The van der Waals surface area contributed by atoms with Crippen LogP contribution in [-0.2, 0) is 11.2 Å². The van der Waals surface area contributed by atoms with Crippen molar-refractivity contribution < 1.29 is 23.9 Å². The summed E-state index contributed by atoms with van der Waals surface area (Å²) in [5, 5.41) is 6.80. The molecule has 0 bridgehead atoms. The summed E-state index contributed by atoms with van der Waals surface area (Å²) in [4.78, 5) is 51.4. The molecule has 0 unspecified atom stereocenters. The van der Waals surface area contributed by atoms with Crippen molar-refractivity contribution in [2.24, 2.45) is 5.73 Å². The fraction of sp³-hybridized carbons (Fsp3) is 0.364. The zero-order chi connectivity index (χ0) is 34.7. The third-order valence-electron chi connectivity index (χ3n) is 7.63. The number of hydrogen-bond acceptors (Lipinski definition) is 9. The lowest BCUT2D eigenvalue weighted by atomic mass is 10.1. The third kappa shape index (κ3) is 7.52. The first-order valence-corrected chi connectivity index (χ1v) is 16.2. The molecule has 2 aromatic heterocycles. The van der Waals surface area contributed by atoms with Crippen LogP contribution in [0.5, 0.6) is 5.75 Å². The molecule has 2 aromatic carbocycles. The molecule has 4 N–H and O–H groups in total. The Morgan fingerprint density at radius 1 is 1.02 bits per heavy atom. The number of hydrogen-bond donors (Lipinski definition) is 3. The van der Waals surface area contributed by atoms with E-state index in [-0.39, 0.29) is 35.2 Å². The Morgan fingerprint density at radius 3 is 2.31 bits per heavy atom. The second-order valence-electron chi connectivity index (χ2n) is 12.1. The number of nitrogens with zero attached hydrogens (tertiary/aromatic N) is 5. The zero-order valence-corrected chi connectivity index (χ0v) is 28.9. The van der Waals surface area contributed by atoms with E-state index < -0.39 is 17.4 Å². The fourth-order valence-corrected chi connectivity index (χ4v) is 5.87. The van der Waals surface area contributed by atoms with Gasteiger partial charge in [0.1, 0.15) is 34.3 Å². The third-order valence-corrected chi connectivity index (χ3v) is 8.34. The Hall–Kier alpha value is -4.75. The number of aromatic nitrogens is 3. The van der Waals surface area contributed by atoms with Crippen LogP contribution in [0.25, 0.3) is 5.65 Å². The number of halogens is 2. The first kappa shape index (κ1) is 34.6. The van der Waals surface area contributed by atoms with E-state index in [4.69, 9.17) is 43.4 Å². The van der Waals surface area contributed by atoms with Gasteiger partial charge in [0.2, 0.25) is 0 Å². The van der Waals surface area contributed by atoms with Crippen LogP contribution in [0, 0.1) is 0 Å². The van der Waals surface area contributed by atoms with Gasteiger partial charge in [-0.1, -0.05) is 29.3 Å². The molecular weight excluding hydrogens is 659 g/mol. The van der Waals surface area contributed by atoms with Crippen molar-refractivity contribution >= 4 is 63.9 Å². The van der Waals surface area contributed by atoms with Gasteiger partial charge in [0, 0.05) is 67.1 Å². The molecule has 1 fully saturated rings. The molecule has 0 aliphatic carbocycles. The number of methoxy groups -OCH3 is 1. The Morgan fingerprint density at radius 2 is 1.71 bits per heavy atom. The Kier molecular flexibility index (Phi) is 10.2. The number of piperazine rings is 1. The average molecular weight is 698 g/mol. The first-order valence-electron chi connectivity index (χ1n) is 15.4. The van der Waals surface area contributed by atoms with Crippen LogP contribution >= 0.6 is 23.2 Å². The van der Waals surface area contributed by atoms with Crippen molar-refractivity contribution in [3.63, 3.8) is 0 Å². The molecule has 0 saturated carbocycles. The maximum atomic E-state index is 12.9. The standard InChI is InChI=1S/C33H38Cl2N8O5/c1-6-37-31(45)24-18-43-26(17-20-21(34)8-7-9-22(20)35)40-29(27(28(36)44)30(43)39-24)38-23-11-10-19(16-25(23)47-5)41-12-14-42(15-13-41)32(46)48-33(2,3)4/h7-11,16,18,38H,6,12-15,17H2,1-5H3,(H2,36,44)(H,37,45). The summed E-state index contributed by atoms with van der Waals surface area (Å²) in [5.74, 6) is -0.241. The largest absolute Gasteiger partial charge is 0.494 e. The monoisotopic (exact) mass is 696 g/mol. The maximum absolute atomic E-state index is 12.9. The molecule has 5 rings (SSSR count). The zero-order valence-electron chi connectivity index (χ0n) is 27.4. The number of ether oxygens (including phenoxy) is 2. The highest BCUT2D eigenvalue weighted by Crippen LogP contribution is 2.35. The molecule has 48 heavy (non-hydrogen) atoms. The van der Waals surface area contributed by atoms with Crippen molar-refractivity contribution in [2.75, 3.05) is 50.1 Å². The number of nitrogens with one attached hydrogen (secondary N) is 2. The van der Waals surface area contributed by atoms with Crippen molar-refractivity contribution in [2.45, 2.75) is 39.7 Å². The van der Waals surface area contributed by atoms with Gasteiger partial charge in [-0.25, -0.2) is 14.8 Å². The number of amides is 3. The molecule has 0 atom stereocenters. The Labute approximate surface area is 288 Å². The number of rotatable bonds is 9. The highest BCUT2D eigenvalue weighted by atomic mass is 35.5. The van der Waals surface area contributed by atoms with Crippen molar-refractivity contribution in [1.82, 2.24) is 24.6 Å². The molecule has 1 aliphatic rings. The molecule has 254 valence electrons. The van der Waals surface area contributed by atoms with E-state index in [0.29, 0.717) is 65.6 Å². The second kappa shape index (κ2) is 14.2. The predicted molar refractivity (Wildman–Crippen MR) is 185 cm³/mol. The predicted octanol–water partition coefficient (Wildman–Crippen LogP) is 5.28. The summed E-state index contributed by atoms with van der Waals surface area (Å²) in [6.07, 6.45) is 1.32. The molecule has 0 radical (unpaired) electrons. The van der Waals surface area contributed by atoms with Crippen molar-refractivity contribution in [1.29, 1.82) is 0 Å². The van der Waals surface area contributed by atoms with Gasteiger partial charge in [0.05, 0.1) is 12.8 Å². The van der Waals surface area contributed by atoms with Crippen LogP contribution in [0.2, 0.25) is 10.0 Å². The molecule has 1 aliphatic heterocycles. The van der Waals surface area contributed by atoms with Crippen LogP contribution in [-0.4, -0.2) is 82.6 Å². The van der Waals surface area contributed by atoms with E-state index >= 15 is 0 Å².